The second-order valence-corrected chi connectivity index (χ2v) is 6.81. The van der Waals surface area contributed by atoms with Crippen LogP contribution in [-0.2, 0) is 0 Å². The maximum atomic E-state index is 11.5. The van der Waals surface area contributed by atoms with E-state index in [1.54, 1.807) is 6.92 Å². The number of nitrogens with zero attached hydrogens (tertiary/aromatic N) is 2. The number of benzene rings is 2. The van der Waals surface area contributed by atoms with Crippen molar-refractivity contribution in [3.63, 3.8) is 0 Å². The average Bonchev–Trinajstić information content (AvgIpc) is 2.92. The van der Waals surface area contributed by atoms with Gasteiger partial charge in [-0.15, -0.1) is 11.3 Å². The molecule has 4 aromatic rings. The van der Waals surface area contributed by atoms with Gasteiger partial charge in [-0.1, -0.05) is 36.4 Å². The Morgan fingerprint density at radius 2 is 1.84 bits per heavy atom. The van der Waals surface area contributed by atoms with Crippen LogP contribution in [0.15, 0.2) is 42.5 Å². The smallest absolute Gasteiger partial charge is 0.346 e. The number of aromatic nitrogens is 2. The third-order valence-corrected chi connectivity index (χ3v) is 5.31. The topological polar surface area (TPSA) is 75.1 Å². The molecule has 0 unspecified atom stereocenters. The monoisotopic (exact) mass is 349 g/mol. The molecule has 2 aromatic carbocycles. The third-order valence-electron chi connectivity index (χ3n) is 4.14. The van der Waals surface area contributed by atoms with Crippen molar-refractivity contribution in [2.24, 2.45) is 0 Å². The minimum Gasteiger partial charge on any atom is -0.477 e. The number of nitrogens with one attached hydrogen (secondary N) is 1. The molecule has 0 radical (unpaired) electrons. The Balaban J connectivity index is 1.93. The molecule has 2 aromatic heterocycles. The average molecular weight is 349 g/mol. The van der Waals surface area contributed by atoms with Crippen molar-refractivity contribution in [3.05, 3.63) is 58.7 Å². The van der Waals surface area contributed by atoms with Gasteiger partial charge >= 0.3 is 5.97 Å². The summed E-state index contributed by atoms with van der Waals surface area (Å²) in [5.41, 5.74) is 1.62. The number of aromatic carboxylic acids is 1. The van der Waals surface area contributed by atoms with Crippen molar-refractivity contribution in [2.45, 2.75) is 13.8 Å². The van der Waals surface area contributed by atoms with E-state index in [0.717, 1.165) is 21.8 Å². The molecule has 0 spiro atoms. The highest BCUT2D eigenvalue weighted by atomic mass is 32.1. The van der Waals surface area contributed by atoms with Crippen molar-refractivity contribution in [2.75, 3.05) is 5.32 Å². The predicted octanol–water partition coefficient (Wildman–Crippen LogP) is 4.90. The Morgan fingerprint density at radius 1 is 1.08 bits per heavy atom. The molecule has 0 amide bonds. The summed E-state index contributed by atoms with van der Waals surface area (Å²) in [5, 5.41) is 15.8. The summed E-state index contributed by atoms with van der Waals surface area (Å²) in [6.45, 7) is 3.61. The summed E-state index contributed by atoms with van der Waals surface area (Å²) in [5.74, 6) is 0.308. The van der Waals surface area contributed by atoms with Crippen molar-refractivity contribution < 1.29 is 9.90 Å². The van der Waals surface area contributed by atoms with Crippen molar-refractivity contribution in [1.82, 2.24) is 9.97 Å². The number of carboxylic acid groups (broad SMARTS) is 1. The van der Waals surface area contributed by atoms with Crippen LogP contribution in [0, 0.1) is 13.8 Å². The van der Waals surface area contributed by atoms with Crippen LogP contribution in [0.3, 0.4) is 0 Å². The number of fused-ring (bicyclic) bond motifs is 2. The molecule has 0 fully saturated rings. The maximum absolute atomic E-state index is 11.5. The first kappa shape index (κ1) is 15.5. The molecule has 25 heavy (non-hydrogen) atoms. The van der Waals surface area contributed by atoms with E-state index in [-0.39, 0.29) is 0 Å². The fraction of sp³-hybridized carbons (Fsp3) is 0.105. The number of thiophene rings is 1. The van der Waals surface area contributed by atoms with Crippen LogP contribution in [0.4, 0.5) is 11.5 Å². The quantitative estimate of drug-likeness (QED) is 0.550. The molecule has 0 aliphatic heterocycles. The molecule has 0 saturated carbocycles. The minimum atomic E-state index is -0.936. The lowest BCUT2D eigenvalue weighted by Gasteiger charge is -2.11. The number of hydrogen-bond acceptors (Lipinski definition) is 5. The van der Waals surface area contributed by atoms with Crippen molar-refractivity contribution >= 4 is 49.8 Å². The lowest BCUT2D eigenvalue weighted by atomic mass is 10.1. The number of anilines is 2. The zero-order chi connectivity index (χ0) is 17.6. The van der Waals surface area contributed by atoms with Crippen LogP contribution >= 0.6 is 11.3 Å². The molecular weight excluding hydrogens is 334 g/mol. The summed E-state index contributed by atoms with van der Waals surface area (Å²) in [6.07, 6.45) is 0. The second kappa shape index (κ2) is 5.82. The maximum Gasteiger partial charge on any atom is 0.346 e. The first-order valence-electron chi connectivity index (χ1n) is 7.80. The lowest BCUT2D eigenvalue weighted by molar-refractivity contribution is 0.0701. The van der Waals surface area contributed by atoms with Crippen molar-refractivity contribution in [3.8, 4) is 0 Å². The number of carboxylic acids is 1. The number of carbonyl (C=O) groups is 1. The Morgan fingerprint density at radius 3 is 2.64 bits per heavy atom. The summed E-state index contributed by atoms with van der Waals surface area (Å²) in [7, 11) is 0. The fourth-order valence-corrected chi connectivity index (χ4v) is 4.07. The zero-order valence-electron chi connectivity index (χ0n) is 13.7. The Labute approximate surface area is 148 Å². The normalized spacial score (nSPS) is 11.1. The molecule has 2 N–H and O–H groups in total. The van der Waals surface area contributed by atoms with Gasteiger partial charge in [-0.2, -0.15) is 0 Å². The van der Waals surface area contributed by atoms with E-state index in [1.807, 2.05) is 37.3 Å². The fourth-order valence-electron chi connectivity index (χ4n) is 3.00. The number of hydrogen-bond donors (Lipinski definition) is 2. The molecule has 4 rings (SSSR count). The largest absolute Gasteiger partial charge is 0.477 e. The summed E-state index contributed by atoms with van der Waals surface area (Å²) in [6, 6.07) is 14.1. The zero-order valence-corrected chi connectivity index (χ0v) is 14.5. The van der Waals surface area contributed by atoms with Gasteiger partial charge in [-0.25, -0.2) is 14.8 Å². The van der Waals surface area contributed by atoms with Gasteiger partial charge in [0.25, 0.3) is 0 Å². The van der Waals surface area contributed by atoms with Crippen LogP contribution in [0.25, 0.3) is 21.0 Å². The minimum absolute atomic E-state index is 0.302. The third kappa shape index (κ3) is 2.60. The molecule has 124 valence electrons. The molecule has 0 bridgehead atoms. The first-order valence-corrected chi connectivity index (χ1v) is 8.62. The van der Waals surface area contributed by atoms with Crippen LogP contribution in [0.2, 0.25) is 0 Å². The number of rotatable bonds is 3. The van der Waals surface area contributed by atoms with Gasteiger partial charge in [0.1, 0.15) is 21.3 Å². The van der Waals surface area contributed by atoms with E-state index in [2.05, 4.69) is 27.4 Å². The highest BCUT2D eigenvalue weighted by Crippen LogP contribution is 2.36. The Kier molecular flexibility index (Phi) is 3.62. The standard InChI is InChI=1S/C19H15N3O2S/c1-10-15-17(20-11(2)21-18(15)25-16(10)19(23)24)22-14-9-5-7-12-6-3-4-8-13(12)14/h3-9H,1-2H3,(H,23,24)(H,20,21,22). The molecule has 2 heterocycles. The van der Waals surface area contributed by atoms with E-state index in [0.29, 0.717) is 26.9 Å². The molecule has 0 atom stereocenters. The highest BCUT2D eigenvalue weighted by molar-refractivity contribution is 7.20. The van der Waals surface area contributed by atoms with Gasteiger partial charge in [-0.3, -0.25) is 0 Å². The van der Waals surface area contributed by atoms with E-state index < -0.39 is 5.97 Å². The Bertz CT molecular complexity index is 1130. The molecule has 0 saturated heterocycles. The molecule has 0 aliphatic carbocycles. The van der Waals surface area contributed by atoms with Gasteiger partial charge in [0.05, 0.1) is 5.39 Å². The van der Waals surface area contributed by atoms with Crippen LogP contribution in [0.1, 0.15) is 21.1 Å². The van der Waals surface area contributed by atoms with Gasteiger partial charge in [-0.05, 0) is 30.9 Å². The van der Waals surface area contributed by atoms with E-state index in [1.165, 1.54) is 11.3 Å². The molecule has 0 aliphatic rings. The van der Waals surface area contributed by atoms with Crippen molar-refractivity contribution in [1.29, 1.82) is 0 Å². The molecular formula is C19H15N3O2S. The van der Waals surface area contributed by atoms with Crippen LogP contribution < -0.4 is 5.32 Å². The van der Waals surface area contributed by atoms with Gasteiger partial charge in [0, 0.05) is 11.1 Å². The summed E-state index contributed by atoms with van der Waals surface area (Å²) < 4.78 is 0. The summed E-state index contributed by atoms with van der Waals surface area (Å²) in [4.78, 5) is 21.4. The lowest BCUT2D eigenvalue weighted by Crippen LogP contribution is -1.99. The van der Waals surface area contributed by atoms with E-state index in [9.17, 15) is 9.90 Å². The summed E-state index contributed by atoms with van der Waals surface area (Å²) >= 11 is 1.18. The van der Waals surface area contributed by atoms with Crippen LogP contribution in [-0.4, -0.2) is 21.0 Å². The van der Waals surface area contributed by atoms with E-state index >= 15 is 0 Å². The van der Waals surface area contributed by atoms with Gasteiger partial charge < -0.3 is 10.4 Å². The SMILES string of the molecule is Cc1nc(Nc2cccc3ccccc23)c2c(C)c(C(=O)O)sc2n1. The highest BCUT2D eigenvalue weighted by Gasteiger charge is 2.19. The second-order valence-electron chi connectivity index (χ2n) is 5.81. The molecule has 6 heteroatoms. The molecule has 5 nitrogen and oxygen atoms in total. The van der Waals surface area contributed by atoms with E-state index in [4.69, 9.17) is 0 Å². The Hall–Kier alpha value is -2.99. The predicted molar refractivity (Wildman–Crippen MR) is 101 cm³/mol. The first-order chi connectivity index (χ1) is 12.0. The van der Waals surface area contributed by atoms with Gasteiger partial charge in [0.15, 0.2) is 0 Å². The van der Waals surface area contributed by atoms with Gasteiger partial charge in [0.2, 0.25) is 0 Å². The number of aryl methyl sites for hydroxylation is 2. The van der Waals surface area contributed by atoms with Crippen LogP contribution in [0.5, 0.6) is 0 Å².